The number of pyridine rings is 1. The second kappa shape index (κ2) is 13.9. The summed E-state index contributed by atoms with van der Waals surface area (Å²) in [6.45, 7) is 22.4. The van der Waals surface area contributed by atoms with Crippen LogP contribution in [0.5, 0.6) is 5.88 Å². The summed E-state index contributed by atoms with van der Waals surface area (Å²) in [5.74, 6) is -0.509. The van der Waals surface area contributed by atoms with Crippen molar-refractivity contribution in [3.8, 4) is 17.1 Å². The predicted molar refractivity (Wildman–Crippen MR) is 193 cm³/mol. The molecule has 5 heterocycles. The predicted octanol–water partition coefficient (Wildman–Crippen LogP) is 7.58. The summed E-state index contributed by atoms with van der Waals surface area (Å²) in [5, 5.41) is 0.472. The van der Waals surface area contributed by atoms with E-state index in [4.69, 9.17) is 44.7 Å². The Kier molecular flexibility index (Phi) is 10.4. The van der Waals surface area contributed by atoms with Gasteiger partial charge in [0.25, 0.3) is 0 Å². The third-order valence-corrected chi connectivity index (χ3v) is 16.6. The monoisotopic (exact) mass is 719 g/mol. The second-order valence-corrected chi connectivity index (χ2v) is 26.7. The molecule has 1 unspecified atom stereocenters. The van der Waals surface area contributed by atoms with Crippen molar-refractivity contribution in [1.82, 2.24) is 9.55 Å². The molecule has 0 aliphatic carbocycles. The van der Waals surface area contributed by atoms with Crippen molar-refractivity contribution in [2.24, 2.45) is 0 Å². The molecule has 2 aromatic heterocycles. The molecule has 0 N–H and O–H groups in total. The van der Waals surface area contributed by atoms with Crippen molar-refractivity contribution in [1.29, 1.82) is 0 Å². The van der Waals surface area contributed by atoms with Gasteiger partial charge in [-0.25, -0.2) is 4.98 Å². The van der Waals surface area contributed by atoms with E-state index < -0.39 is 28.3 Å². The van der Waals surface area contributed by atoms with Gasteiger partial charge in [0, 0.05) is 39.0 Å². The van der Waals surface area contributed by atoms with Crippen molar-refractivity contribution in [2.45, 2.75) is 95.7 Å². The third kappa shape index (κ3) is 7.51. The van der Waals surface area contributed by atoms with Gasteiger partial charge in [-0.05, 0) is 42.4 Å². The van der Waals surface area contributed by atoms with Crippen LogP contribution in [0.1, 0.15) is 20.8 Å². The van der Waals surface area contributed by atoms with E-state index in [1.807, 2.05) is 24.3 Å². The third-order valence-electron chi connectivity index (χ3n) is 10.1. The van der Waals surface area contributed by atoms with Crippen LogP contribution >= 0.6 is 11.6 Å². The quantitative estimate of drug-likeness (QED) is 0.148. The smallest absolute Gasteiger partial charge is 0.235 e. The van der Waals surface area contributed by atoms with E-state index in [0.29, 0.717) is 42.7 Å². The first kappa shape index (κ1) is 35.8. The number of benzene rings is 1. The summed E-state index contributed by atoms with van der Waals surface area (Å²) in [7, 11) is -3.39. The minimum atomic E-state index is -2.06. The van der Waals surface area contributed by atoms with Gasteiger partial charge in [0.15, 0.2) is 14.4 Å². The molecule has 3 aliphatic rings. The lowest BCUT2D eigenvalue weighted by Crippen LogP contribution is -2.47. The first-order chi connectivity index (χ1) is 22.6. The van der Waals surface area contributed by atoms with Gasteiger partial charge in [-0.2, -0.15) is 4.39 Å². The van der Waals surface area contributed by atoms with Crippen LogP contribution in [-0.2, 0) is 30.1 Å². The van der Waals surface area contributed by atoms with Gasteiger partial charge < -0.3 is 33.0 Å². The number of hydrogen-bond donors (Lipinski definition) is 0. The van der Waals surface area contributed by atoms with Gasteiger partial charge in [-0.1, -0.05) is 64.1 Å². The first-order valence-electron chi connectivity index (χ1n) is 17.1. The number of morpholine rings is 1. The maximum atomic E-state index is 16.5. The lowest BCUT2D eigenvalue weighted by atomic mass is 10.1. The Bertz CT molecular complexity index is 1590. The van der Waals surface area contributed by atoms with E-state index in [1.165, 1.54) is 0 Å². The maximum Gasteiger partial charge on any atom is 0.235 e. The minimum absolute atomic E-state index is 0.0491. The van der Waals surface area contributed by atoms with Crippen molar-refractivity contribution >= 4 is 44.7 Å². The number of fused-ring (bicyclic) bond motifs is 2. The van der Waals surface area contributed by atoms with Crippen LogP contribution < -0.4 is 9.64 Å². The van der Waals surface area contributed by atoms with Crippen LogP contribution in [0, 0.1) is 5.82 Å². The highest BCUT2D eigenvalue weighted by Crippen LogP contribution is 2.42. The molecule has 4 atom stereocenters. The molecule has 9 nitrogen and oxygen atoms in total. The van der Waals surface area contributed by atoms with Crippen molar-refractivity contribution in [3.05, 3.63) is 41.2 Å². The molecule has 0 spiro atoms. The number of nitrogens with zero attached hydrogens (tertiary/aromatic N) is 3. The highest BCUT2D eigenvalue weighted by atomic mass is 35.5. The second-order valence-electron chi connectivity index (χ2n) is 15.9. The highest BCUT2D eigenvalue weighted by molar-refractivity contribution is 6.76. The van der Waals surface area contributed by atoms with Crippen LogP contribution in [-0.4, -0.2) is 96.5 Å². The molecule has 3 fully saturated rings. The van der Waals surface area contributed by atoms with Crippen LogP contribution in [0.2, 0.25) is 48.8 Å². The maximum absolute atomic E-state index is 16.5. The fraction of sp³-hybridized carbons (Fsp3) is 0.629. The first-order valence-corrected chi connectivity index (χ1v) is 24.1. The Labute approximate surface area is 291 Å². The van der Waals surface area contributed by atoms with Gasteiger partial charge in [0.05, 0.1) is 48.8 Å². The van der Waals surface area contributed by atoms with Gasteiger partial charge in [0.1, 0.15) is 24.5 Å². The Morgan fingerprint density at radius 2 is 1.62 bits per heavy atom. The molecule has 264 valence electrons. The zero-order chi connectivity index (χ0) is 34.4. The Balaban J connectivity index is 1.28. The molecule has 6 rings (SSSR count). The van der Waals surface area contributed by atoms with Crippen LogP contribution in [0.15, 0.2) is 30.3 Å². The van der Waals surface area contributed by atoms with E-state index in [0.717, 1.165) is 30.4 Å². The Hall–Kier alpha value is -2.04. The minimum Gasteiger partial charge on any atom is -0.468 e. The van der Waals surface area contributed by atoms with E-state index in [-0.39, 0.29) is 48.1 Å². The zero-order valence-electron chi connectivity index (χ0n) is 29.6. The number of halogens is 2. The molecule has 0 amide bonds. The number of hydrogen-bond acceptors (Lipinski definition) is 8. The average molecular weight is 720 g/mol. The molecule has 0 saturated carbocycles. The topological polar surface area (TPSA) is 76.4 Å². The summed E-state index contributed by atoms with van der Waals surface area (Å²) < 4.78 is 55.4. The van der Waals surface area contributed by atoms with E-state index in [1.54, 1.807) is 10.6 Å². The summed E-state index contributed by atoms with van der Waals surface area (Å²) in [6, 6.07) is 10.8. The van der Waals surface area contributed by atoms with Crippen LogP contribution in [0.4, 0.5) is 10.1 Å². The van der Waals surface area contributed by atoms with Crippen molar-refractivity contribution in [3.63, 3.8) is 0 Å². The molecule has 3 saturated heterocycles. The fourth-order valence-corrected chi connectivity index (χ4v) is 8.46. The van der Waals surface area contributed by atoms with Gasteiger partial charge >= 0.3 is 0 Å². The summed E-state index contributed by atoms with van der Waals surface area (Å²) >= 11 is 6.87. The van der Waals surface area contributed by atoms with Crippen molar-refractivity contribution < 1.29 is 32.5 Å². The number of rotatable bonds is 11. The lowest BCUT2D eigenvalue weighted by Gasteiger charge is -2.39. The molecular formula is C35H51ClFN3O6Si2. The lowest BCUT2D eigenvalue weighted by molar-refractivity contribution is 0.00724. The zero-order valence-corrected chi connectivity index (χ0v) is 32.4. The van der Waals surface area contributed by atoms with Gasteiger partial charge in [-0.15, -0.1) is 0 Å². The molecule has 48 heavy (non-hydrogen) atoms. The number of ether oxygens (including phenoxy) is 5. The van der Waals surface area contributed by atoms with Crippen LogP contribution in [0.25, 0.3) is 22.3 Å². The Morgan fingerprint density at radius 3 is 2.27 bits per heavy atom. The average Bonchev–Trinajstić information content (AvgIpc) is 3.68. The van der Waals surface area contributed by atoms with E-state index >= 15 is 4.39 Å². The number of aromatic nitrogens is 2. The molecule has 13 heteroatoms. The molecule has 3 aliphatic heterocycles. The summed E-state index contributed by atoms with van der Waals surface area (Å²) in [5.41, 5.74) is 3.10. The SMILES string of the molecule is CC(C)(C)[Si](C)(C)OC1CO[C@H]2[C@@H]1OC[C@H]2Oc1c(F)c2nc(-c3ccc(N4CCOCC4)cc3)c(Cl)cc2n1COCC[Si](C)(C)C. The van der Waals surface area contributed by atoms with Crippen molar-refractivity contribution in [2.75, 3.05) is 51.0 Å². The molecule has 1 aromatic carbocycles. The van der Waals surface area contributed by atoms with Gasteiger partial charge in [-0.3, -0.25) is 4.57 Å². The Morgan fingerprint density at radius 1 is 0.979 bits per heavy atom. The molecule has 0 bridgehead atoms. The number of anilines is 1. The normalized spacial score (nSPS) is 23.7. The standard InChI is InChI=1S/C35H51ClFN3O6Si2/c1-35(2,3)48(7,8)46-28-21-44-32-27(20-43-33(28)32)45-34-29(37)31-26(40(34)22-42-17-18-47(4,5)6)19-25(36)30(38-31)23-9-11-24(12-10-23)39-13-15-41-16-14-39/h9-12,19,27-28,32-33H,13-18,20-22H2,1-8H3/t27-,28?,32-,33-/m1/s1. The van der Waals surface area contributed by atoms with Gasteiger partial charge in [0.2, 0.25) is 11.7 Å². The molecule has 0 radical (unpaired) electrons. The summed E-state index contributed by atoms with van der Waals surface area (Å²) in [4.78, 5) is 7.07. The highest BCUT2D eigenvalue weighted by Gasteiger charge is 2.52. The largest absolute Gasteiger partial charge is 0.468 e. The summed E-state index contributed by atoms with van der Waals surface area (Å²) in [6.07, 6.45) is -1.37. The fourth-order valence-electron chi connectivity index (χ4n) is 6.14. The van der Waals surface area contributed by atoms with E-state index in [2.05, 4.69) is 58.4 Å². The van der Waals surface area contributed by atoms with E-state index in [9.17, 15) is 0 Å². The van der Waals surface area contributed by atoms with Crippen LogP contribution in [0.3, 0.4) is 0 Å². The molecule has 3 aromatic rings. The molecular weight excluding hydrogens is 669 g/mol.